The lowest BCUT2D eigenvalue weighted by Crippen LogP contribution is -2.46. The van der Waals surface area contributed by atoms with E-state index in [4.69, 9.17) is 34.3 Å². The van der Waals surface area contributed by atoms with Crippen LogP contribution in [0, 0.1) is 0 Å². The highest BCUT2D eigenvalue weighted by atomic mass is 35.5. The minimum absolute atomic E-state index is 0.322. The van der Waals surface area contributed by atoms with Gasteiger partial charge in [-0.25, -0.2) is 0 Å². The first-order valence-corrected chi connectivity index (χ1v) is 7.30. The Labute approximate surface area is 129 Å². The molecule has 1 fully saturated rings. The van der Waals surface area contributed by atoms with Crippen LogP contribution in [0.25, 0.3) is 0 Å². The maximum absolute atomic E-state index is 10.6. The minimum atomic E-state index is -0.747. The summed E-state index contributed by atoms with van der Waals surface area (Å²) in [5, 5.41) is 11.2. The number of benzene rings is 1. The second-order valence-corrected chi connectivity index (χ2v) is 6.09. The molecule has 0 amide bonds. The van der Waals surface area contributed by atoms with Crippen LogP contribution in [0.4, 0.5) is 5.69 Å². The zero-order chi connectivity index (χ0) is 14.8. The van der Waals surface area contributed by atoms with E-state index in [1.54, 1.807) is 6.07 Å². The Morgan fingerprint density at radius 1 is 1.50 bits per heavy atom. The summed E-state index contributed by atoms with van der Waals surface area (Å²) in [6.07, 6.45) is 1.25. The van der Waals surface area contributed by atoms with Crippen molar-refractivity contribution in [3.05, 3.63) is 28.8 Å². The topological polar surface area (TPSA) is 58.7 Å². The van der Waals surface area contributed by atoms with Gasteiger partial charge in [0.1, 0.15) is 4.99 Å². The normalized spacial score (nSPS) is 17.8. The second kappa shape index (κ2) is 6.26. The van der Waals surface area contributed by atoms with Crippen LogP contribution in [-0.4, -0.2) is 42.5 Å². The standard InChI is InChI=1S/C14H19ClN2O2S/c1-17(9-14(18)4-6-19-7-5-14)12-8-10(15)2-3-11(12)13(16)20/h2-3,8,18H,4-7,9H2,1H3,(H2,16,20). The predicted octanol–water partition coefficient (Wildman–Crippen LogP) is 1.95. The Balaban J connectivity index is 2.21. The van der Waals surface area contributed by atoms with Crippen LogP contribution >= 0.6 is 23.8 Å². The summed E-state index contributed by atoms with van der Waals surface area (Å²) in [5.41, 5.74) is 6.60. The van der Waals surface area contributed by atoms with Crippen molar-refractivity contribution in [1.29, 1.82) is 0 Å². The SMILES string of the molecule is CN(CC1(O)CCOCC1)c1cc(Cl)ccc1C(N)=S. The minimum Gasteiger partial charge on any atom is -0.389 e. The quantitative estimate of drug-likeness (QED) is 0.832. The molecular formula is C14H19ClN2O2S. The maximum atomic E-state index is 10.6. The van der Waals surface area contributed by atoms with Gasteiger partial charge in [0.05, 0.1) is 5.60 Å². The van der Waals surface area contributed by atoms with E-state index in [0.29, 0.717) is 42.6 Å². The number of hydrogen-bond acceptors (Lipinski definition) is 4. The van der Waals surface area contributed by atoms with Crippen LogP contribution < -0.4 is 10.6 Å². The van der Waals surface area contributed by atoms with Gasteiger partial charge in [-0.15, -0.1) is 0 Å². The maximum Gasteiger partial charge on any atom is 0.106 e. The van der Waals surface area contributed by atoms with Gasteiger partial charge in [0.15, 0.2) is 0 Å². The number of nitrogens with zero attached hydrogens (tertiary/aromatic N) is 1. The third kappa shape index (κ3) is 3.61. The molecule has 1 aromatic rings. The number of anilines is 1. The predicted molar refractivity (Wildman–Crippen MR) is 85.6 cm³/mol. The van der Waals surface area contributed by atoms with E-state index in [1.807, 2.05) is 24.1 Å². The molecule has 110 valence electrons. The first kappa shape index (κ1) is 15.5. The largest absolute Gasteiger partial charge is 0.389 e. The van der Waals surface area contributed by atoms with E-state index in [-0.39, 0.29) is 0 Å². The number of thiocarbonyl (C=S) groups is 1. The highest BCUT2D eigenvalue weighted by Crippen LogP contribution is 2.28. The Morgan fingerprint density at radius 2 is 2.15 bits per heavy atom. The Bertz CT molecular complexity index is 504. The van der Waals surface area contributed by atoms with Crippen LogP contribution in [0.5, 0.6) is 0 Å². The van der Waals surface area contributed by atoms with Crippen LogP contribution in [-0.2, 0) is 4.74 Å². The molecule has 0 radical (unpaired) electrons. The molecule has 1 saturated heterocycles. The summed E-state index contributed by atoms with van der Waals surface area (Å²) in [4.78, 5) is 2.27. The zero-order valence-corrected chi connectivity index (χ0v) is 13.0. The van der Waals surface area contributed by atoms with Crippen molar-refractivity contribution in [2.45, 2.75) is 18.4 Å². The molecule has 0 atom stereocenters. The molecular weight excluding hydrogens is 296 g/mol. The van der Waals surface area contributed by atoms with Crippen molar-refractivity contribution in [3.63, 3.8) is 0 Å². The molecule has 4 nitrogen and oxygen atoms in total. The number of hydrogen-bond donors (Lipinski definition) is 2. The third-order valence-electron chi connectivity index (χ3n) is 3.59. The van der Waals surface area contributed by atoms with Gasteiger partial charge >= 0.3 is 0 Å². The number of halogens is 1. The molecule has 2 rings (SSSR count). The molecule has 20 heavy (non-hydrogen) atoms. The third-order valence-corrected chi connectivity index (χ3v) is 4.05. The van der Waals surface area contributed by atoms with E-state index < -0.39 is 5.60 Å². The number of ether oxygens (including phenoxy) is 1. The molecule has 0 spiro atoms. The van der Waals surface area contributed by atoms with Crippen molar-refractivity contribution in [1.82, 2.24) is 0 Å². The van der Waals surface area contributed by atoms with Gasteiger partial charge in [-0.05, 0) is 18.2 Å². The lowest BCUT2D eigenvalue weighted by atomic mass is 9.93. The number of rotatable bonds is 4. The fraction of sp³-hybridized carbons (Fsp3) is 0.500. The van der Waals surface area contributed by atoms with E-state index in [9.17, 15) is 5.11 Å². The van der Waals surface area contributed by atoms with Crippen LogP contribution in [0.3, 0.4) is 0 Å². The summed E-state index contributed by atoms with van der Waals surface area (Å²) in [7, 11) is 1.90. The van der Waals surface area contributed by atoms with Gasteiger partial charge in [0, 0.05) is 55.9 Å². The molecule has 0 aromatic heterocycles. The van der Waals surface area contributed by atoms with E-state index in [1.165, 1.54) is 0 Å². The van der Waals surface area contributed by atoms with Gasteiger partial charge in [0.2, 0.25) is 0 Å². The highest BCUT2D eigenvalue weighted by Gasteiger charge is 2.31. The molecule has 6 heteroatoms. The average Bonchev–Trinajstić information content (AvgIpc) is 2.38. The fourth-order valence-electron chi connectivity index (χ4n) is 2.47. The molecule has 3 N–H and O–H groups in total. The molecule has 1 aromatic carbocycles. The zero-order valence-electron chi connectivity index (χ0n) is 11.4. The molecule has 0 bridgehead atoms. The summed E-state index contributed by atoms with van der Waals surface area (Å²) in [5.74, 6) is 0. The van der Waals surface area contributed by atoms with Crippen molar-refractivity contribution < 1.29 is 9.84 Å². The Hall–Kier alpha value is -0.880. The summed E-state index contributed by atoms with van der Waals surface area (Å²) in [6.45, 7) is 1.66. The number of aliphatic hydroxyl groups is 1. The summed E-state index contributed by atoms with van der Waals surface area (Å²) >= 11 is 11.1. The van der Waals surface area contributed by atoms with Crippen LogP contribution in [0.1, 0.15) is 18.4 Å². The monoisotopic (exact) mass is 314 g/mol. The molecule has 0 saturated carbocycles. The first-order valence-electron chi connectivity index (χ1n) is 6.52. The molecule has 1 aliphatic rings. The van der Waals surface area contributed by atoms with Crippen molar-refractivity contribution in [2.24, 2.45) is 5.73 Å². The van der Waals surface area contributed by atoms with Crippen LogP contribution in [0.2, 0.25) is 5.02 Å². The molecule has 1 aliphatic heterocycles. The Kier molecular flexibility index (Phi) is 4.86. The lowest BCUT2D eigenvalue weighted by Gasteiger charge is -2.36. The summed E-state index contributed by atoms with van der Waals surface area (Å²) in [6, 6.07) is 5.39. The van der Waals surface area contributed by atoms with Crippen molar-refractivity contribution >= 4 is 34.5 Å². The average molecular weight is 315 g/mol. The van der Waals surface area contributed by atoms with Gasteiger partial charge in [-0.3, -0.25) is 0 Å². The number of nitrogens with two attached hydrogens (primary N) is 1. The van der Waals surface area contributed by atoms with Crippen LogP contribution in [0.15, 0.2) is 18.2 Å². The smallest absolute Gasteiger partial charge is 0.106 e. The van der Waals surface area contributed by atoms with E-state index in [0.717, 1.165) is 11.3 Å². The number of likely N-dealkylation sites (N-methyl/N-ethyl adjacent to an activating group) is 1. The molecule has 1 heterocycles. The van der Waals surface area contributed by atoms with Crippen molar-refractivity contribution in [2.75, 3.05) is 31.7 Å². The van der Waals surface area contributed by atoms with Gasteiger partial charge in [-0.1, -0.05) is 23.8 Å². The van der Waals surface area contributed by atoms with E-state index >= 15 is 0 Å². The summed E-state index contributed by atoms with van der Waals surface area (Å²) < 4.78 is 5.29. The molecule has 0 aliphatic carbocycles. The fourth-order valence-corrected chi connectivity index (χ4v) is 2.80. The van der Waals surface area contributed by atoms with Gasteiger partial charge < -0.3 is 20.5 Å². The second-order valence-electron chi connectivity index (χ2n) is 5.22. The lowest BCUT2D eigenvalue weighted by molar-refractivity contribution is -0.0572. The Morgan fingerprint density at radius 3 is 2.75 bits per heavy atom. The van der Waals surface area contributed by atoms with Crippen molar-refractivity contribution in [3.8, 4) is 0 Å². The van der Waals surface area contributed by atoms with E-state index in [2.05, 4.69) is 0 Å². The van der Waals surface area contributed by atoms with Gasteiger partial charge in [0.25, 0.3) is 0 Å². The van der Waals surface area contributed by atoms with Gasteiger partial charge in [-0.2, -0.15) is 0 Å². The first-order chi connectivity index (χ1) is 9.41. The molecule has 0 unspecified atom stereocenters. The highest BCUT2D eigenvalue weighted by molar-refractivity contribution is 7.80.